The smallest absolute Gasteiger partial charge is 0.312 e. The lowest BCUT2D eigenvalue weighted by Gasteiger charge is -2.58. The van der Waals surface area contributed by atoms with Gasteiger partial charge in [0.05, 0.1) is 5.41 Å². The molecular formula is C22H32BrNO3. The Morgan fingerprint density at radius 1 is 1.07 bits per heavy atom. The fourth-order valence-electron chi connectivity index (χ4n) is 7.98. The molecule has 6 saturated carbocycles. The van der Waals surface area contributed by atoms with Crippen LogP contribution < -0.4 is 5.32 Å². The molecule has 6 rings (SSSR count). The molecule has 0 aromatic heterocycles. The van der Waals surface area contributed by atoms with Crippen LogP contribution in [0.15, 0.2) is 0 Å². The third kappa shape index (κ3) is 3.26. The van der Waals surface area contributed by atoms with Crippen molar-refractivity contribution in [2.24, 2.45) is 35.0 Å². The molecule has 1 amide bonds. The van der Waals surface area contributed by atoms with E-state index in [0.29, 0.717) is 17.8 Å². The van der Waals surface area contributed by atoms with Crippen molar-refractivity contribution in [3.05, 3.63) is 0 Å². The summed E-state index contributed by atoms with van der Waals surface area (Å²) in [4.78, 5) is 25.4. The van der Waals surface area contributed by atoms with E-state index in [4.69, 9.17) is 4.74 Å². The number of rotatable bonds is 5. The molecule has 0 spiro atoms. The minimum absolute atomic E-state index is 0.115. The van der Waals surface area contributed by atoms with Gasteiger partial charge in [0.15, 0.2) is 6.61 Å². The maximum Gasteiger partial charge on any atom is 0.312 e. The summed E-state index contributed by atoms with van der Waals surface area (Å²) in [6.07, 6.45) is 11.8. The summed E-state index contributed by atoms with van der Waals surface area (Å²) in [5.41, 5.74) is -0.343. The molecule has 0 heterocycles. The van der Waals surface area contributed by atoms with Gasteiger partial charge in [0.2, 0.25) is 0 Å². The largest absolute Gasteiger partial charge is 0.455 e. The van der Waals surface area contributed by atoms with Gasteiger partial charge in [-0.3, -0.25) is 9.59 Å². The van der Waals surface area contributed by atoms with Crippen LogP contribution >= 0.6 is 15.9 Å². The van der Waals surface area contributed by atoms with E-state index >= 15 is 0 Å². The lowest BCUT2D eigenvalue weighted by molar-refractivity contribution is -0.171. The Kier molecular flexibility index (Phi) is 4.42. The lowest BCUT2D eigenvalue weighted by atomic mass is 9.49. The first kappa shape index (κ1) is 18.4. The van der Waals surface area contributed by atoms with E-state index in [2.05, 4.69) is 28.2 Å². The van der Waals surface area contributed by atoms with E-state index < -0.39 is 0 Å². The number of esters is 1. The Hall–Kier alpha value is -0.580. The first-order valence-corrected chi connectivity index (χ1v) is 11.8. The average molecular weight is 438 g/mol. The average Bonchev–Trinajstić information content (AvgIpc) is 3.20. The quantitative estimate of drug-likeness (QED) is 0.517. The van der Waals surface area contributed by atoms with E-state index in [1.165, 1.54) is 44.9 Å². The normalized spacial score (nSPS) is 47.9. The first-order chi connectivity index (χ1) is 12.8. The van der Waals surface area contributed by atoms with Crippen LogP contribution in [0.2, 0.25) is 0 Å². The fourth-order valence-corrected chi connectivity index (χ4v) is 9.44. The molecular weight excluding hydrogens is 406 g/mol. The van der Waals surface area contributed by atoms with E-state index in [9.17, 15) is 9.59 Å². The summed E-state index contributed by atoms with van der Waals surface area (Å²) in [6, 6.07) is 0.192. The van der Waals surface area contributed by atoms with Gasteiger partial charge in [-0.05, 0) is 94.3 Å². The standard InChI is InChI=1S/C22H32BrNO3/c1-13(18-6-14-2-3-17(18)5-14)24-19(25)11-27-20(26)21-7-15-4-16(8-21)10-22(23,9-15)12-21/h13-18H,2-12H2,1H3,(H,24,25). The third-order valence-corrected chi connectivity index (χ3v) is 9.51. The Morgan fingerprint density at radius 2 is 1.81 bits per heavy atom. The molecule has 0 saturated heterocycles. The second-order valence-electron chi connectivity index (χ2n) is 10.7. The number of hydrogen-bond donors (Lipinski definition) is 1. The van der Waals surface area contributed by atoms with Crippen molar-refractivity contribution in [3.63, 3.8) is 0 Å². The summed E-state index contributed by atoms with van der Waals surface area (Å²) in [7, 11) is 0. The van der Waals surface area contributed by atoms with Gasteiger partial charge in [-0.15, -0.1) is 0 Å². The van der Waals surface area contributed by atoms with Crippen molar-refractivity contribution < 1.29 is 14.3 Å². The fraction of sp³-hybridized carbons (Fsp3) is 0.909. The summed E-state index contributed by atoms with van der Waals surface area (Å²) < 4.78 is 5.72. The summed E-state index contributed by atoms with van der Waals surface area (Å²) in [6.45, 7) is 2.01. The van der Waals surface area contributed by atoms with Crippen LogP contribution in [0.25, 0.3) is 0 Å². The van der Waals surface area contributed by atoms with Crippen molar-refractivity contribution >= 4 is 27.8 Å². The summed E-state index contributed by atoms with van der Waals surface area (Å²) >= 11 is 3.94. The molecule has 5 heteroatoms. The number of alkyl halides is 1. The number of nitrogens with one attached hydrogen (secondary N) is 1. The van der Waals surface area contributed by atoms with Crippen molar-refractivity contribution in [1.82, 2.24) is 5.32 Å². The van der Waals surface area contributed by atoms with Gasteiger partial charge < -0.3 is 10.1 Å². The van der Waals surface area contributed by atoms with Gasteiger partial charge in [0, 0.05) is 10.4 Å². The molecule has 6 bridgehead atoms. The zero-order chi connectivity index (χ0) is 18.8. The molecule has 6 aliphatic rings. The zero-order valence-corrected chi connectivity index (χ0v) is 17.9. The van der Waals surface area contributed by atoms with E-state index in [-0.39, 0.29) is 34.3 Å². The van der Waals surface area contributed by atoms with Crippen LogP contribution in [-0.2, 0) is 14.3 Å². The summed E-state index contributed by atoms with van der Waals surface area (Å²) in [5, 5.41) is 3.12. The highest BCUT2D eigenvalue weighted by atomic mass is 79.9. The zero-order valence-electron chi connectivity index (χ0n) is 16.3. The highest BCUT2D eigenvalue weighted by Crippen LogP contribution is 2.64. The highest BCUT2D eigenvalue weighted by Gasteiger charge is 2.60. The second-order valence-corrected chi connectivity index (χ2v) is 12.3. The van der Waals surface area contributed by atoms with Gasteiger partial charge in [-0.2, -0.15) is 0 Å². The Bertz CT molecular complexity index is 635. The molecule has 0 aliphatic heterocycles. The predicted molar refractivity (Wildman–Crippen MR) is 106 cm³/mol. The topological polar surface area (TPSA) is 55.4 Å². The van der Waals surface area contributed by atoms with Crippen LogP contribution in [-0.4, -0.2) is 28.8 Å². The van der Waals surface area contributed by atoms with Crippen LogP contribution in [0.1, 0.15) is 71.1 Å². The third-order valence-electron chi connectivity index (χ3n) is 8.58. The Morgan fingerprint density at radius 3 is 2.41 bits per heavy atom. The predicted octanol–water partition coefficient (Wildman–Crippen LogP) is 4.20. The summed E-state index contributed by atoms with van der Waals surface area (Å²) in [5.74, 6) is 3.31. The molecule has 27 heavy (non-hydrogen) atoms. The van der Waals surface area contributed by atoms with Gasteiger partial charge >= 0.3 is 5.97 Å². The first-order valence-electron chi connectivity index (χ1n) is 11.0. The van der Waals surface area contributed by atoms with Gasteiger partial charge in [-0.1, -0.05) is 22.4 Å². The van der Waals surface area contributed by atoms with E-state index in [1.54, 1.807) is 0 Å². The molecule has 6 fully saturated rings. The molecule has 150 valence electrons. The van der Waals surface area contributed by atoms with Gasteiger partial charge in [0.25, 0.3) is 5.91 Å². The molecule has 1 N–H and O–H groups in total. The second kappa shape index (κ2) is 6.47. The van der Waals surface area contributed by atoms with Crippen LogP contribution in [0.3, 0.4) is 0 Å². The molecule has 6 unspecified atom stereocenters. The minimum Gasteiger partial charge on any atom is -0.455 e. The number of hydrogen-bond acceptors (Lipinski definition) is 3. The Balaban J connectivity index is 1.15. The molecule has 6 aliphatic carbocycles. The van der Waals surface area contributed by atoms with Crippen LogP contribution in [0, 0.1) is 35.0 Å². The molecule has 0 radical (unpaired) electrons. The highest BCUT2D eigenvalue weighted by molar-refractivity contribution is 9.10. The SMILES string of the molecule is CC(NC(=O)COC(=O)C12CC3CC(CC(Br)(C3)C1)C2)C1CC2CCC1C2. The van der Waals surface area contributed by atoms with E-state index in [1.807, 2.05) is 0 Å². The number of carbonyl (C=O) groups is 2. The maximum atomic E-state index is 13.0. The lowest BCUT2D eigenvalue weighted by Crippen LogP contribution is -2.56. The number of halogens is 1. The monoisotopic (exact) mass is 437 g/mol. The van der Waals surface area contributed by atoms with Crippen molar-refractivity contribution in [2.75, 3.05) is 6.61 Å². The van der Waals surface area contributed by atoms with Crippen LogP contribution in [0.5, 0.6) is 0 Å². The maximum absolute atomic E-state index is 13.0. The van der Waals surface area contributed by atoms with Crippen molar-refractivity contribution in [1.29, 1.82) is 0 Å². The van der Waals surface area contributed by atoms with Crippen molar-refractivity contribution in [2.45, 2.75) is 81.5 Å². The molecule has 0 aromatic rings. The van der Waals surface area contributed by atoms with Gasteiger partial charge in [-0.25, -0.2) is 0 Å². The number of ether oxygens (including phenoxy) is 1. The minimum atomic E-state index is -0.343. The molecule has 4 nitrogen and oxygen atoms in total. The number of fused-ring (bicyclic) bond motifs is 2. The van der Waals surface area contributed by atoms with E-state index in [0.717, 1.165) is 31.1 Å². The molecule has 0 aromatic carbocycles. The molecule has 6 atom stereocenters. The van der Waals surface area contributed by atoms with Crippen molar-refractivity contribution in [3.8, 4) is 0 Å². The Labute approximate surface area is 170 Å². The van der Waals surface area contributed by atoms with Gasteiger partial charge in [0.1, 0.15) is 0 Å². The van der Waals surface area contributed by atoms with Crippen LogP contribution in [0.4, 0.5) is 0 Å². The number of carbonyl (C=O) groups excluding carboxylic acids is 2. The number of amides is 1.